The fourth-order valence-corrected chi connectivity index (χ4v) is 2.13. The summed E-state index contributed by atoms with van der Waals surface area (Å²) in [5, 5.41) is 12.3. The zero-order valence-corrected chi connectivity index (χ0v) is 11.1. The monoisotopic (exact) mass is 291 g/mol. The molecule has 0 aliphatic carbocycles. The topological polar surface area (TPSA) is 120 Å². The highest BCUT2D eigenvalue weighted by atomic mass is 16.8. The summed E-state index contributed by atoms with van der Waals surface area (Å²) in [5.74, 6) is -1.05. The highest BCUT2D eigenvalue weighted by Crippen LogP contribution is 2.28. The number of nitrogens with one attached hydrogen (secondary N) is 1. The van der Waals surface area contributed by atoms with Crippen LogP contribution in [0.15, 0.2) is 0 Å². The number of aliphatic hydroxyl groups excluding tert-OH is 1. The molecule has 0 bridgehead atoms. The molecule has 1 aliphatic heterocycles. The molecule has 9 nitrogen and oxygen atoms in total. The molecule has 114 valence electrons. The number of rotatable bonds is 7. The molecule has 5 atom stereocenters. The van der Waals surface area contributed by atoms with E-state index in [4.69, 9.17) is 9.47 Å². The molecule has 0 spiro atoms. The van der Waals surface area contributed by atoms with Gasteiger partial charge in [0.1, 0.15) is 6.10 Å². The van der Waals surface area contributed by atoms with E-state index in [9.17, 15) is 19.5 Å². The maximum absolute atomic E-state index is 11.2. The first-order valence-electron chi connectivity index (χ1n) is 5.83. The molecule has 1 saturated heterocycles. The summed E-state index contributed by atoms with van der Waals surface area (Å²) in [5.41, 5.74) is 0. The Morgan fingerprint density at radius 2 is 2.10 bits per heavy atom. The Morgan fingerprint density at radius 3 is 2.60 bits per heavy atom. The van der Waals surface area contributed by atoms with Gasteiger partial charge in [0.15, 0.2) is 6.29 Å². The van der Waals surface area contributed by atoms with Crippen LogP contribution < -0.4 is 5.32 Å². The number of hydrogen-bond acceptors (Lipinski definition) is 8. The number of methoxy groups -OCH3 is 1. The minimum absolute atomic E-state index is 0.147. The molecule has 1 heterocycles. The molecule has 1 fully saturated rings. The lowest BCUT2D eigenvalue weighted by Crippen LogP contribution is -2.62. The third-order valence-electron chi connectivity index (χ3n) is 2.92. The van der Waals surface area contributed by atoms with Gasteiger partial charge in [-0.05, 0) is 0 Å². The number of aliphatic hydroxyl groups is 1. The van der Waals surface area contributed by atoms with Crippen LogP contribution in [0.4, 0.5) is 0 Å². The summed E-state index contributed by atoms with van der Waals surface area (Å²) in [6.07, 6.45) is -3.42. The summed E-state index contributed by atoms with van der Waals surface area (Å²) in [6, 6.07) is -0.871. The van der Waals surface area contributed by atoms with Gasteiger partial charge in [-0.3, -0.25) is 14.4 Å². The summed E-state index contributed by atoms with van der Waals surface area (Å²) in [7, 11) is 1.34. The Hall–Kier alpha value is -1.71. The number of carbonyl (C=O) groups is 3. The van der Waals surface area contributed by atoms with Gasteiger partial charge in [-0.2, -0.15) is 0 Å². The van der Waals surface area contributed by atoms with Gasteiger partial charge in [-0.1, -0.05) is 0 Å². The zero-order chi connectivity index (χ0) is 15.1. The Morgan fingerprint density at radius 1 is 1.40 bits per heavy atom. The van der Waals surface area contributed by atoms with Crippen LogP contribution in [0.25, 0.3) is 0 Å². The first-order valence-corrected chi connectivity index (χ1v) is 5.83. The average molecular weight is 291 g/mol. The summed E-state index contributed by atoms with van der Waals surface area (Å²) in [4.78, 5) is 31.9. The van der Waals surface area contributed by atoms with Gasteiger partial charge in [0.2, 0.25) is 12.2 Å². The van der Waals surface area contributed by atoms with Crippen LogP contribution in [0.2, 0.25) is 0 Å². The van der Waals surface area contributed by atoms with Gasteiger partial charge < -0.3 is 29.4 Å². The van der Waals surface area contributed by atoms with Crippen molar-refractivity contribution in [2.75, 3.05) is 13.7 Å². The lowest BCUT2D eigenvalue weighted by molar-refractivity contribution is -0.302. The smallest absolute Gasteiger partial charge is 0.295 e. The molecule has 0 aromatic carbocycles. The Labute approximate surface area is 115 Å². The maximum atomic E-state index is 11.2. The van der Waals surface area contributed by atoms with E-state index in [1.807, 2.05) is 0 Å². The van der Waals surface area contributed by atoms with Gasteiger partial charge in [0.25, 0.3) is 12.9 Å². The quantitative estimate of drug-likeness (QED) is 0.524. The molecule has 1 rings (SSSR count). The van der Waals surface area contributed by atoms with Crippen LogP contribution >= 0.6 is 0 Å². The number of hydrogen-bond donors (Lipinski definition) is 2. The van der Waals surface area contributed by atoms with Crippen LogP contribution in [0.3, 0.4) is 0 Å². The van der Waals surface area contributed by atoms with E-state index in [0.29, 0.717) is 0 Å². The standard InChI is InChI=1S/C11H17NO8/c1-6(15)12-8-7(3-18-4-13)9(17-2)11(19-5-14)20-10(8)16/h4-5,7-11,16H,3H2,1-2H3,(H,12,15)/t7?,8-,9-,10?,11?/m0/s1. The lowest BCUT2D eigenvalue weighted by Gasteiger charge is -2.42. The third-order valence-corrected chi connectivity index (χ3v) is 2.92. The van der Waals surface area contributed by atoms with E-state index in [1.54, 1.807) is 0 Å². The Kier molecular flexibility index (Phi) is 6.36. The minimum atomic E-state index is -1.43. The summed E-state index contributed by atoms with van der Waals surface area (Å²) in [6.45, 7) is 1.50. The van der Waals surface area contributed by atoms with Crippen molar-refractivity contribution in [2.45, 2.75) is 31.6 Å². The van der Waals surface area contributed by atoms with Crippen molar-refractivity contribution in [3.8, 4) is 0 Å². The van der Waals surface area contributed by atoms with Crippen molar-refractivity contribution in [2.24, 2.45) is 5.92 Å². The molecule has 20 heavy (non-hydrogen) atoms. The third kappa shape index (κ3) is 3.89. The lowest BCUT2D eigenvalue weighted by atomic mass is 9.90. The highest BCUT2D eigenvalue weighted by molar-refractivity contribution is 5.73. The van der Waals surface area contributed by atoms with Crippen molar-refractivity contribution >= 4 is 18.9 Å². The molecule has 0 aromatic heterocycles. The zero-order valence-electron chi connectivity index (χ0n) is 11.1. The van der Waals surface area contributed by atoms with Crippen LogP contribution in [0, 0.1) is 5.92 Å². The second kappa shape index (κ2) is 7.78. The number of carbonyl (C=O) groups excluding carboxylic acids is 3. The van der Waals surface area contributed by atoms with Crippen LogP contribution in [-0.2, 0) is 33.3 Å². The van der Waals surface area contributed by atoms with Crippen molar-refractivity contribution < 1.29 is 38.4 Å². The first kappa shape index (κ1) is 16.3. The molecule has 0 saturated carbocycles. The molecular formula is C11H17NO8. The predicted octanol–water partition coefficient (Wildman–Crippen LogP) is -1.86. The van der Waals surface area contributed by atoms with Crippen molar-refractivity contribution in [1.82, 2.24) is 5.32 Å². The maximum Gasteiger partial charge on any atom is 0.295 e. The fraction of sp³-hybridized carbons (Fsp3) is 0.727. The Bertz CT molecular complexity index is 349. The van der Waals surface area contributed by atoms with E-state index in [2.05, 4.69) is 14.8 Å². The van der Waals surface area contributed by atoms with E-state index >= 15 is 0 Å². The first-order chi connectivity index (χ1) is 9.54. The number of amides is 1. The van der Waals surface area contributed by atoms with E-state index in [1.165, 1.54) is 14.0 Å². The number of ether oxygens (including phenoxy) is 4. The molecule has 2 N–H and O–H groups in total. The second-order valence-corrected chi connectivity index (χ2v) is 4.15. The summed E-state index contributed by atoms with van der Waals surface area (Å²) < 4.78 is 19.6. The van der Waals surface area contributed by atoms with Gasteiger partial charge in [-0.15, -0.1) is 0 Å². The van der Waals surface area contributed by atoms with Gasteiger partial charge in [0.05, 0.1) is 18.6 Å². The summed E-state index contributed by atoms with van der Waals surface area (Å²) >= 11 is 0. The average Bonchev–Trinajstić information content (AvgIpc) is 2.39. The SMILES string of the molecule is CO[C@@H]1C(OC=O)OC(O)[C@@H](NC(C)=O)C1COC=O. The van der Waals surface area contributed by atoms with E-state index < -0.39 is 36.6 Å². The largest absolute Gasteiger partial charge is 0.467 e. The molecule has 1 aliphatic rings. The van der Waals surface area contributed by atoms with E-state index in [-0.39, 0.29) is 19.6 Å². The molecule has 0 radical (unpaired) electrons. The van der Waals surface area contributed by atoms with Gasteiger partial charge in [-0.25, -0.2) is 0 Å². The molecule has 1 amide bonds. The van der Waals surface area contributed by atoms with Crippen LogP contribution in [0.5, 0.6) is 0 Å². The molecule has 0 aromatic rings. The van der Waals surface area contributed by atoms with E-state index in [0.717, 1.165) is 0 Å². The van der Waals surface area contributed by atoms with Crippen molar-refractivity contribution in [3.05, 3.63) is 0 Å². The van der Waals surface area contributed by atoms with Gasteiger partial charge >= 0.3 is 0 Å². The van der Waals surface area contributed by atoms with Crippen LogP contribution in [0.1, 0.15) is 6.92 Å². The molecule has 9 heteroatoms. The van der Waals surface area contributed by atoms with Crippen LogP contribution in [-0.4, -0.2) is 62.4 Å². The normalized spacial score (nSPS) is 33.0. The highest BCUT2D eigenvalue weighted by Gasteiger charge is 2.47. The van der Waals surface area contributed by atoms with Crippen molar-refractivity contribution in [1.29, 1.82) is 0 Å². The Balaban J connectivity index is 2.94. The second-order valence-electron chi connectivity index (χ2n) is 4.15. The molecular weight excluding hydrogens is 274 g/mol. The van der Waals surface area contributed by atoms with Crippen molar-refractivity contribution in [3.63, 3.8) is 0 Å². The fourth-order valence-electron chi connectivity index (χ4n) is 2.13. The molecule has 3 unspecified atom stereocenters. The van der Waals surface area contributed by atoms with Gasteiger partial charge in [0, 0.05) is 14.0 Å². The minimum Gasteiger partial charge on any atom is -0.467 e. The predicted molar refractivity (Wildman–Crippen MR) is 61.9 cm³/mol.